The lowest BCUT2D eigenvalue weighted by Gasteiger charge is -2.35. The molecular weight excluding hydrogens is 376 g/mol. The molecule has 0 atom stereocenters. The molecular formula is C19H26N6O2S. The SMILES string of the molecule is Cc1cc(N2CCOCC2)nc(N2CCN(C(=O)c3sc(C)nc3C)CC2)n1. The van der Waals surface area contributed by atoms with Crippen LogP contribution in [0.1, 0.15) is 26.1 Å². The Bertz CT molecular complexity index is 856. The third kappa shape index (κ3) is 3.95. The Morgan fingerprint density at radius 2 is 1.68 bits per heavy atom. The van der Waals surface area contributed by atoms with Crippen LogP contribution in [0.4, 0.5) is 11.8 Å². The summed E-state index contributed by atoms with van der Waals surface area (Å²) in [7, 11) is 0. The minimum Gasteiger partial charge on any atom is -0.378 e. The van der Waals surface area contributed by atoms with Crippen LogP contribution in [-0.4, -0.2) is 78.2 Å². The van der Waals surface area contributed by atoms with Gasteiger partial charge in [-0.3, -0.25) is 4.79 Å². The molecule has 2 aliphatic rings. The molecule has 4 rings (SSSR count). The molecule has 150 valence electrons. The molecule has 0 bridgehead atoms. The average Bonchev–Trinajstić information content (AvgIpc) is 3.06. The fraction of sp³-hybridized carbons (Fsp3) is 0.579. The van der Waals surface area contributed by atoms with E-state index in [9.17, 15) is 4.79 Å². The Morgan fingerprint density at radius 1 is 0.964 bits per heavy atom. The van der Waals surface area contributed by atoms with Gasteiger partial charge in [0, 0.05) is 51.0 Å². The number of aromatic nitrogens is 3. The van der Waals surface area contributed by atoms with E-state index < -0.39 is 0 Å². The van der Waals surface area contributed by atoms with E-state index in [1.807, 2.05) is 31.7 Å². The second-order valence-corrected chi connectivity index (χ2v) is 8.40. The Hall–Kier alpha value is -2.26. The minimum atomic E-state index is 0.0851. The Kier molecular flexibility index (Phi) is 5.45. The van der Waals surface area contributed by atoms with Gasteiger partial charge in [0.2, 0.25) is 5.95 Å². The standard InChI is InChI=1S/C19H26N6O2S/c1-13-12-16(23-8-10-27-11-9-23)22-19(20-13)25-6-4-24(5-7-25)18(26)17-14(2)21-15(3)28-17/h12H,4-11H2,1-3H3. The second-order valence-electron chi connectivity index (χ2n) is 7.19. The number of amides is 1. The molecule has 0 radical (unpaired) electrons. The first-order chi connectivity index (χ1) is 13.5. The molecule has 0 spiro atoms. The molecule has 28 heavy (non-hydrogen) atoms. The van der Waals surface area contributed by atoms with E-state index in [1.54, 1.807) is 0 Å². The van der Waals surface area contributed by atoms with Crippen LogP contribution in [-0.2, 0) is 4.74 Å². The van der Waals surface area contributed by atoms with Crippen LogP contribution in [0.5, 0.6) is 0 Å². The van der Waals surface area contributed by atoms with Gasteiger partial charge in [-0.1, -0.05) is 0 Å². The molecule has 2 aromatic heterocycles. The number of rotatable bonds is 3. The lowest BCUT2D eigenvalue weighted by Crippen LogP contribution is -2.49. The van der Waals surface area contributed by atoms with Crippen LogP contribution in [0, 0.1) is 20.8 Å². The van der Waals surface area contributed by atoms with Gasteiger partial charge in [0.1, 0.15) is 10.7 Å². The van der Waals surface area contributed by atoms with Crippen LogP contribution in [0.25, 0.3) is 0 Å². The maximum Gasteiger partial charge on any atom is 0.265 e. The number of aryl methyl sites for hydroxylation is 3. The first-order valence-corrected chi connectivity index (χ1v) is 10.5. The third-order valence-corrected chi connectivity index (χ3v) is 6.17. The van der Waals surface area contributed by atoms with E-state index in [0.29, 0.717) is 13.1 Å². The van der Waals surface area contributed by atoms with Crippen molar-refractivity contribution < 1.29 is 9.53 Å². The van der Waals surface area contributed by atoms with Crippen molar-refractivity contribution in [3.05, 3.63) is 27.3 Å². The summed E-state index contributed by atoms with van der Waals surface area (Å²) in [4.78, 5) is 33.7. The van der Waals surface area contributed by atoms with Gasteiger partial charge < -0.3 is 19.4 Å². The molecule has 0 saturated carbocycles. The van der Waals surface area contributed by atoms with Crippen LogP contribution >= 0.6 is 11.3 Å². The maximum absolute atomic E-state index is 12.8. The molecule has 1 amide bonds. The average molecular weight is 403 g/mol. The van der Waals surface area contributed by atoms with Crippen molar-refractivity contribution in [3.63, 3.8) is 0 Å². The van der Waals surface area contributed by atoms with Crippen LogP contribution in [0.3, 0.4) is 0 Å². The molecule has 0 N–H and O–H groups in total. The third-order valence-electron chi connectivity index (χ3n) is 5.11. The Morgan fingerprint density at radius 3 is 2.32 bits per heavy atom. The van der Waals surface area contributed by atoms with Gasteiger partial charge >= 0.3 is 0 Å². The zero-order valence-electron chi connectivity index (χ0n) is 16.6. The molecule has 2 saturated heterocycles. The summed E-state index contributed by atoms with van der Waals surface area (Å²) < 4.78 is 5.44. The maximum atomic E-state index is 12.8. The van der Waals surface area contributed by atoms with Gasteiger partial charge in [-0.2, -0.15) is 4.98 Å². The Balaban J connectivity index is 1.44. The highest BCUT2D eigenvalue weighted by Gasteiger charge is 2.26. The molecule has 0 aromatic carbocycles. The molecule has 2 fully saturated rings. The van der Waals surface area contributed by atoms with Gasteiger partial charge in [-0.25, -0.2) is 9.97 Å². The fourth-order valence-electron chi connectivity index (χ4n) is 3.62. The van der Waals surface area contributed by atoms with E-state index in [-0.39, 0.29) is 5.91 Å². The van der Waals surface area contributed by atoms with Crippen molar-refractivity contribution >= 4 is 29.0 Å². The quantitative estimate of drug-likeness (QED) is 0.773. The number of hydrogen-bond acceptors (Lipinski definition) is 8. The molecule has 0 unspecified atom stereocenters. The largest absolute Gasteiger partial charge is 0.378 e. The molecule has 9 heteroatoms. The van der Waals surface area contributed by atoms with Crippen molar-refractivity contribution in [1.82, 2.24) is 19.9 Å². The Labute approximate surface area is 169 Å². The first kappa shape index (κ1) is 19.1. The van der Waals surface area contributed by atoms with Crippen LogP contribution < -0.4 is 9.80 Å². The normalized spacial score (nSPS) is 17.9. The van der Waals surface area contributed by atoms with Gasteiger partial charge in [0.05, 0.1) is 23.9 Å². The number of piperazine rings is 1. The van der Waals surface area contributed by atoms with E-state index in [1.165, 1.54) is 11.3 Å². The van der Waals surface area contributed by atoms with E-state index >= 15 is 0 Å². The van der Waals surface area contributed by atoms with E-state index in [2.05, 4.69) is 19.8 Å². The smallest absolute Gasteiger partial charge is 0.265 e. The summed E-state index contributed by atoms with van der Waals surface area (Å²) in [5.41, 5.74) is 1.79. The number of hydrogen-bond donors (Lipinski definition) is 0. The van der Waals surface area contributed by atoms with Crippen molar-refractivity contribution in [2.75, 3.05) is 62.3 Å². The highest BCUT2D eigenvalue weighted by atomic mass is 32.1. The van der Waals surface area contributed by atoms with Gasteiger partial charge in [-0.05, 0) is 20.8 Å². The summed E-state index contributed by atoms with van der Waals surface area (Å²) in [5.74, 6) is 1.79. The summed E-state index contributed by atoms with van der Waals surface area (Å²) >= 11 is 1.48. The zero-order valence-corrected chi connectivity index (χ0v) is 17.5. The number of thiazole rings is 1. The van der Waals surface area contributed by atoms with Gasteiger partial charge in [0.25, 0.3) is 5.91 Å². The molecule has 8 nitrogen and oxygen atoms in total. The lowest BCUT2D eigenvalue weighted by atomic mass is 10.2. The first-order valence-electron chi connectivity index (χ1n) is 9.68. The number of carbonyl (C=O) groups is 1. The number of carbonyl (C=O) groups excluding carboxylic acids is 1. The molecule has 2 aliphatic heterocycles. The predicted molar refractivity (Wildman–Crippen MR) is 110 cm³/mol. The van der Waals surface area contributed by atoms with Crippen molar-refractivity contribution in [3.8, 4) is 0 Å². The number of nitrogens with zero attached hydrogens (tertiary/aromatic N) is 6. The van der Waals surface area contributed by atoms with Crippen molar-refractivity contribution in [2.45, 2.75) is 20.8 Å². The van der Waals surface area contributed by atoms with E-state index in [4.69, 9.17) is 9.72 Å². The summed E-state index contributed by atoms with van der Waals surface area (Å²) in [6.45, 7) is 11.8. The monoisotopic (exact) mass is 402 g/mol. The molecule has 4 heterocycles. The van der Waals surface area contributed by atoms with Gasteiger partial charge in [-0.15, -0.1) is 11.3 Å². The van der Waals surface area contributed by atoms with Crippen LogP contribution in [0.2, 0.25) is 0 Å². The molecule has 2 aromatic rings. The molecule has 0 aliphatic carbocycles. The topological polar surface area (TPSA) is 74.7 Å². The number of ether oxygens (including phenoxy) is 1. The predicted octanol–water partition coefficient (Wildman–Crippen LogP) is 1.66. The van der Waals surface area contributed by atoms with Crippen LogP contribution in [0.15, 0.2) is 6.07 Å². The highest BCUT2D eigenvalue weighted by molar-refractivity contribution is 7.13. The number of morpholine rings is 1. The van der Waals surface area contributed by atoms with Crippen molar-refractivity contribution in [2.24, 2.45) is 0 Å². The summed E-state index contributed by atoms with van der Waals surface area (Å²) in [6, 6.07) is 2.03. The zero-order chi connectivity index (χ0) is 19.7. The highest BCUT2D eigenvalue weighted by Crippen LogP contribution is 2.22. The fourth-order valence-corrected chi connectivity index (χ4v) is 4.50. The van der Waals surface area contributed by atoms with Crippen molar-refractivity contribution in [1.29, 1.82) is 0 Å². The summed E-state index contributed by atoms with van der Waals surface area (Å²) in [5, 5.41) is 0.934. The van der Waals surface area contributed by atoms with Gasteiger partial charge in [0.15, 0.2) is 0 Å². The summed E-state index contributed by atoms with van der Waals surface area (Å²) in [6.07, 6.45) is 0. The second kappa shape index (κ2) is 8.00. The minimum absolute atomic E-state index is 0.0851. The number of anilines is 2. The lowest BCUT2D eigenvalue weighted by molar-refractivity contribution is 0.0750. The van der Waals surface area contributed by atoms with E-state index in [0.717, 1.165) is 72.4 Å².